The predicted molar refractivity (Wildman–Crippen MR) is 112 cm³/mol. The minimum atomic E-state index is -0.118. The number of carbonyl (C=O) groups excluding carboxylic acids is 1. The van der Waals surface area contributed by atoms with Crippen LogP contribution in [0.3, 0.4) is 0 Å². The van der Waals surface area contributed by atoms with Crippen molar-refractivity contribution in [2.24, 2.45) is 0 Å². The highest BCUT2D eigenvalue weighted by atomic mass is 32.2. The molecule has 0 saturated heterocycles. The van der Waals surface area contributed by atoms with Crippen LogP contribution >= 0.6 is 23.1 Å². The van der Waals surface area contributed by atoms with E-state index in [0.717, 1.165) is 49.3 Å². The zero-order valence-electron chi connectivity index (χ0n) is 16.2. The second kappa shape index (κ2) is 8.19. The fourth-order valence-corrected chi connectivity index (χ4v) is 5.85. The summed E-state index contributed by atoms with van der Waals surface area (Å²) in [4.78, 5) is 25.2. The van der Waals surface area contributed by atoms with Gasteiger partial charge in [0.2, 0.25) is 5.91 Å². The number of nitrogens with one attached hydrogen (secondary N) is 1. The van der Waals surface area contributed by atoms with Crippen LogP contribution in [0.25, 0.3) is 0 Å². The molecule has 0 atom stereocenters. The van der Waals surface area contributed by atoms with Crippen LogP contribution < -0.4 is 5.32 Å². The Bertz CT molecular complexity index is 962. The van der Waals surface area contributed by atoms with E-state index in [-0.39, 0.29) is 11.7 Å². The Labute approximate surface area is 173 Å². The van der Waals surface area contributed by atoms with Gasteiger partial charge in [0.05, 0.1) is 11.3 Å². The molecule has 1 amide bonds. The highest BCUT2D eigenvalue weighted by molar-refractivity contribution is 7.99. The maximum absolute atomic E-state index is 12.5. The zero-order chi connectivity index (χ0) is 19.7. The monoisotopic (exact) mass is 413 g/mol. The van der Waals surface area contributed by atoms with Gasteiger partial charge in [-0.15, -0.1) is 11.3 Å². The van der Waals surface area contributed by atoms with Gasteiger partial charge in [-0.2, -0.15) is 5.26 Å². The lowest BCUT2D eigenvalue weighted by Gasteiger charge is -2.21. The van der Waals surface area contributed by atoms with Crippen molar-refractivity contribution >= 4 is 34.0 Å². The van der Waals surface area contributed by atoms with Gasteiger partial charge in [0.1, 0.15) is 11.1 Å². The van der Waals surface area contributed by atoms with E-state index in [4.69, 9.17) is 0 Å². The summed E-state index contributed by atoms with van der Waals surface area (Å²) in [6, 6.07) is 2.29. The van der Waals surface area contributed by atoms with Crippen molar-refractivity contribution in [1.29, 1.82) is 5.26 Å². The summed E-state index contributed by atoms with van der Waals surface area (Å²) >= 11 is 2.89. The summed E-state index contributed by atoms with van der Waals surface area (Å²) in [7, 11) is 2.07. The number of aromatic nitrogens is 2. The first-order valence-electron chi connectivity index (χ1n) is 9.57. The van der Waals surface area contributed by atoms with Crippen molar-refractivity contribution < 1.29 is 4.79 Å². The van der Waals surface area contributed by atoms with Gasteiger partial charge in [-0.1, -0.05) is 11.8 Å². The van der Waals surface area contributed by atoms with Gasteiger partial charge in [0, 0.05) is 29.4 Å². The summed E-state index contributed by atoms with van der Waals surface area (Å²) in [6.07, 6.45) is 5.29. The Balaban J connectivity index is 1.43. The molecule has 3 heterocycles. The van der Waals surface area contributed by atoms with Crippen molar-refractivity contribution in [2.45, 2.75) is 50.7 Å². The van der Waals surface area contributed by atoms with Crippen LogP contribution in [-0.4, -0.2) is 40.1 Å². The number of likely N-dealkylation sites (N-methyl/N-ethyl adjacent to an activating group) is 1. The molecule has 4 rings (SSSR count). The van der Waals surface area contributed by atoms with E-state index >= 15 is 0 Å². The molecular weight excluding hydrogens is 390 g/mol. The van der Waals surface area contributed by atoms with Gasteiger partial charge in [0.15, 0.2) is 5.16 Å². The van der Waals surface area contributed by atoms with E-state index in [2.05, 4.69) is 33.3 Å². The molecule has 0 unspecified atom stereocenters. The van der Waals surface area contributed by atoms with Gasteiger partial charge < -0.3 is 10.2 Å². The number of carbonyl (C=O) groups is 1. The van der Waals surface area contributed by atoms with Gasteiger partial charge in [-0.25, -0.2) is 9.97 Å². The average Bonchev–Trinajstić information content (AvgIpc) is 3.02. The Kier molecular flexibility index (Phi) is 5.67. The first-order valence-corrected chi connectivity index (χ1v) is 11.4. The Hall–Kier alpha value is -1.95. The molecule has 0 spiro atoms. The van der Waals surface area contributed by atoms with Crippen LogP contribution in [0.15, 0.2) is 5.16 Å². The Morgan fingerprint density at radius 3 is 2.93 bits per heavy atom. The van der Waals surface area contributed by atoms with Crippen LogP contribution in [-0.2, 0) is 30.6 Å². The van der Waals surface area contributed by atoms with Gasteiger partial charge in [-0.3, -0.25) is 4.79 Å². The maximum Gasteiger partial charge on any atom is 0.235 e. The molecule has 2 aromatic heterocycles. The van der Waals surface area contributed by atoms with Crippen LogP contribution in [0.1, 0.15) is 45.8 Å². The molecule has 6 nitrogen and oxygen atoms in total. The minimum absolute atomic E-state index is 0.118. The Morgan fingerprint density at radius 1 is 1.29 bits per heavy atom. The molecule has 2 aliphatic rings. The normalized spacial score (nSPS) is 16.2. The fraction of sp³-hybridized carbons (Fsp3) is 0.500. The summed E-state index contributed by atoms with van der Waals surface area (Å²) in [5, 5.41) is 13.8. The smallest absolute Gasteiger partial charge is 0.235 e. The molecule has 0 bridgehead atoms. The van der Waals surface area contributed by atoms with Crippen molar-refractivity contribution in [1.82, 2.24) is 14.9 Å². The second-order valence-electron chi connectivity index (χ2n) is 7.37. The van der Waals surface area contributed by atoms with E-state index < -0.39 is 0 Å². The number of amides is 1. The number of nitrogens with zero attached hydrogens (tertiary/aromatic N) is 4. The summed E-state index contributed by atoms with van der Waals surface area (Å²) in [6.45, 7) is 3.81. The average molecular weight is 414 g/mol. The number of hydrogen-bond donors (Lipinski definition) is 1. The third kappa shape index (κ3) is 3.93. The third-order valence-electron chi connectivity index (χ3n) is 5.31. The van der Waals surface area contributed by atoms with Gasteiger partial charge in [0.25, 0.3) is 0 Å². The maximum atomic E-state index is 12.5. The number of hydrogen-bond acceptors (Lipinski definition) is 7. The molecule has 0 aromatic carbocycles. The van der Waals surface area contributed by atoms with E-state index in [1.54, 1.807) is 0 Å². The summed E-state index contributed by atoms with van der Waals surface area (Å²) < 4.78 is 0. The molecule has 8 heteroatoms. The lowest BCUT2D eigenvalue weighted by molar-refractivity contribution is -0.113. The van der Waals surface area contributed by atoms with Gasteiger partial charge in [-0.05, 0) is 57.2 Å². The lowest BCUT2D eigenvalue weighted by Crippen LogP contribution is -2.25. The van der Waals surface area contributed by atoms with Crippen LogP contribution in [0.4, 0.5) is 5.00 Å². The SMILES string of the molecule is Cc1nc(SCC(=O)Nc2sc3c(c2C#N)CCN(C)C3)nc2c1CCCC2. The number of rotatable bonds is 4. The topological polar surface area (TPSA) is 81.9 Å². The quantitative estimate of drug-likeness (QED) is 0.612. The molecule has 1 N–H and O–H groups in total. The lowest BCUT2D eigenvalue weighted by atomic mass is 9.95. The highest BCUT2D eigenvalue weighted by Gasteiger charge is 2.24. The Morgan fingerprint density at radius 2 is 2.11 bits per heavy atom. The number of anilines is 1. The fourth-order valence-electron chi connectivity index (χ4n) is 3.85. The minimum Gasteiger partial charge on any atom is -0.316 e. The second-order valence-corrected chi connectivity index (χ2v) is 9.42. The van der Waals surface area contributed by atoms with Gasteiger partial charge >= 0.3 is 0 Å². The molecule has 0 radical (unpaired) electrons. The molecule has 0 fully saturated rings. The predicted octanol–water partition coefficient (Wildman–Crippen LogP) is 3.32. The van der Waals surface area contributed by atoms with E-state index in [9.17, 15) is 10.1 Å². The van der Waals surface area contributed by atoms with Crippen molar-refractivity contribution in [2.75, 3.05) is 24.7 Å². The van der Waals surface area contributed by atoms with Crippen LogP contribution in [0.5, 0.6) is 0 Å². The molecule has 2 aromatic rings. The number of aryl methyl sites for hydroxylation is 2. The number of nitriles is 1. The zero-order valence-corrected chi connectivity index (χ0v) is 17.8. The standard InChI is InChI=1S/C20H23N5OS2/c1-12-13-5-3-4-6-16(13)23-20(22-12)27-11-18(26)24-19-15(9-21)14-7-8-25(2)10-17(14)28-19/h3-8,10-11H2,1-2H3,(H,24,26). The number of thiophene rings is 1. The van der Waals surface area contributed by atoms with Crippen molar-refractivity contribution in [3.63, 3.8) is 0 Å². The highest BCUT2D eigenvalue weighted by Crippen LogP contribution is 2.36. The molecule has 1 aliphatic carbocycles. The van der Waals surface area contributed by atoms with Crippen molar-refractivity contribution in [3.05, 3.63) is 33.0 Å². The first-order chi connectivity index (χ1) is 13.5. The van der Waals surface area contributed by atoms with Crippen LogP contribution in [0.2, 0.25) is 0 Å². The molecule has 0 saturated carbocycles. The van der Waals surface area contributed by atoms with Crippen molar-refractivity contribution in [3.8, 4) is 6.07 Å². The third-order valence-corrected chi connectivity index (χ3v) is 7.29. The molecule has 146 valence electrons. The molecule has 1 aliphatic heterocycles. The summed E-state index contributed by atoms with van der Waals surface area (Å²) in [5.74, 6) is 0.124. The largest absolute Gasteiger partial charge is 0.316 e. The molecular formula is C20H23N5OS2. The number of thioether (sulfide) groups is 1. The summed E-state index contributed by atoms with van der Waals surface area (Å²) in [5.41, 5.74) is 5.19. The van der Waals surface area contributed by atoms with E-state index in [1.165, 1.54) is 46.4 Å². The van der Waals surface area contributed by atoms with E-state index in [1.807, 2.05) is 6.92 Å². The van der Waals surface area contributed by atoms with E-state index in [0.29, 0.717) is 15.7 Å². The van der Waals surface area contributed by atoms with Crippen LogP contribution in [0, 0.1) is 18.3 Å². The molecule has 28 heavy (non-hydrogen) atoms. The first kappa shape index (κ1) is 19.4. The number of fused-ring (bicyclic) bond motifs is 2.